The molecule has 0 unspecified atom stereocenters. The molecule has 0 amide bonds. The third-order valence-corrected chi connectivity index (χ3v) is 3.16. The summed E-state index contributed by atoms with van der Waals surface area (Å²) in [5.41, 5.74) is 1.90. The SMILES string of the molecule is CCOC(=O)/C=C(/[C]1[CH][CH][CH][CH]1)c1ccccc1.[CH]1[CH][CH][CH][CH]1.[Fe+2]. The van der Waals surface area contributed by atoms with Gasteiger partial charge in [-0.05, 0) is 75.8 Å². The van der Waals surface area contributed by atoms with E-state index in [1.54, 1.807) is 13.0 Å². The first-order chi connectivity index (χ1) is 11.3. The fourth-order valence-electron chi connectivity index (χ4n) is 2.13. The number of allylic oxidation sites excluding steroid dienone is 1. The number of hydrogen-bond donors (Lipinski definition) is 0. The molecule has 122 valence electrons. The van der Waals surface area contributed by atoms with E-state index in [9.17, 15) is 4.79 Å². The zero-order chi connectivity index (χ0) is 16.3. The first-order valence-electron chi connectivity index (χ1n) is 7.64. The summed E-state index contributed by atoms with van der Waals surface area (Å²) in [6, 6.07) is 9.83. The Kier molecular flexibility index (Phi) is 10.8. The van der Waals surface area contributed by atoms with Crippen LogP contribution in [0.15, 0.2) is 36.4 Å². The second-order valence-corrected chi connectivity index (χ2v) is 4.81. The summed E-state index contributed by atoms with van der Waals surface area (Å²) in [5.74, 6) is 0.715. The van der Waals surface area contributed by atoms with Crippen molar-refractivity contribution in [2.75, 3.05) is 6.61 Å². The third kappa shape index (κ3) is 7.23. The zero-order valence-corrected chi connectivity index (χ0v) is 14.6. The van der Waals surface area contributed by atoms with Gasteiger partial charge in [-0.3, -0.25) is 0 Å². The first-order valence-corrected chi connectivity index (χ1v) is 7.64. The monoisotopic (exact) mass is 360 g/mol. The molecule has 3 heteroatoms. The van der Waals surface area contributed by atoms with Crippen LogP contribution < -0.4 is 0 Å². The molecule has 0 heterocycles. The Hall–Kier alpha value is -1.05. The smallest absolute Gasteiger partial charge is 0.463 e. The van der Waals surface area contributed by atoms with Crippen LogP contribution in [0.1, 0.15) is 12.5 Å². The van der Waals surface area contributed by atoms with Crippen LogP contribution in [0.2, 0.25) is 0 Å². The van der Waals surface area contributed by atoms with Gasteiger partial charge >= 0.3 is 23.0 Å². The predicted octanol–water partition coefficient (Wildman–Crippen LogP) is 4.06. The number of benzene rings is 1. The molecule has 1 aromatic carbocycles. The fourth-order valence-corrected chi connectivity index (χ4v) is 2.13. The molecule has 0 aliphatic heterocycles. The summed E-state index contributed by atoms with van der Waals surface area (Å²) in [4.78, 5) is 11.6. The maximum Gasteiger partial charge on any atom is 2.00 e. The topological polar surface area (TPSA) is 26.3 Å². The third-order valence-electron chi connectivity index (χ3n) is 3.16. The van der Waals surface area contributed by atoms with Gasteiger partial charge in [-0.25, -0.2) is 4.79 Å². The molecule has 24 heavy (non-hydrogen) atoms. The number of ether oxygens (including phenoxy) is 1. The number of carbonyl (C=O) groups excluding carboxylic acids is 1. The average Bonchev–Trinajstić information content (AvgIpc) is 3.29. The Balaban J connectivity index is 0.000000412. The van der Waals surface area contributed by atoms with Crippen molar-refractivity contribution in [2.45, 2.75) is 6.92 Å². The van der Waals surface area contributed by atoms with Crippen LogP contribution in [-0.4, -0.2) is 12.6 Å². The Bertz CT molecular complexity index is 478. The van der Waals surface area contributed by atoms with Gasteiger partial charge in [0, 0.05) is 12.0 Å². The number of esters is 1. The minimum absolute atomic E-state index is 0. The quantitative estimate of drug-likeness (QED) is 0.460. The standard InChI is InChI=1S/C16H15O2.C5H5.Fe/c1-2-18-16(17)12-15(14-10-6-7-11-14)13-8-4-3-5-9-13;1-2-4-5-3-1;/h3-12H,2H2,1H3;1-5H;/q;;+2/b15-12+;;. The Labute approximate surface area is 157 Å². The van der Waals surface area contributed by atoms with Gasteiger partial charge in [0.25, 0.3) is 0 Å². The van der Waals surface area contributed by atoms with Crippen LogP contribution in [0.5, 0.6) is 0 Å². The molecule has 0 aromatic heterocycles. The van der Waals surface area contributed by atoms with Gasteiger partial charge in [0.05, 0.1) is 6.61 Å². The normalized spacial score (nSPS) is 17.6. The van der Waals surface area contributed by atoms with Crippen molar-refractivity contribution in [1.82, 2.24) is 0 Å². The average molecular weight is 360 g/mol. The molecule has 3 rings (SSSR count). The molecule has 2 fully saturated rings. The van der Waals surface area contributed by atoms with Crippen molar-refractivity contribution in [2.24, 2.45) is 0 Å². The molecule has 1 aromatic rings. The van der Waals surface area contributed by atoms with Gasteiger partial charge < -0.3 is 4.74 Å². The molecule has 0 spiro atoms. The Morgan fingerprint density at radius 1 is 0.917 bits per heavy atom. The summed E-state index contributed by atoms with van der Waals surface area (Å²) < 4.78 is 4.98. The predicted molar refractivity (Wildman–Crippen MR) is 93.0 cm³/mol. The summed E-state index contributed by atoms with van der Waals surface area (Å²) >= 11 is 0. The summed E-state index contributed by atoms with van der Waals surface area (Å²) in [6.07, 6.45) is 19.4. The van der Waals surface area contributed by atoms with Crippen molar-refractivity contribution in [1.29, 1.82) is 0 Å². The maximum atomic E-state index is 11.6. The van der Waals surface area contributed by atoms with Crippen molar-refractivity contribution < 1.29 is 26.6 Å². The van der Waals surface area contributed by atoms with E-state index in [0.29, 0.717) is 6.61 Å². The molecule has 2 aliphatic carbocycles. The number of carbonyl (C=O) groups is 1. The van der Waals surface area contributed by atoms with Crippen LogP contribution in [0.4, 0.5) is 0 Å². The van der Waals surface area contributed by atoms with Crippen LogP contribution in [0.25, 0.3) is 5.57 Å². The van der Waals surface area contributed by atoms with E-state index in [2.05, 4.69) is 0 Å². The molecule has 2 aliphatic rings. The van der Waals surface area contributed by atoms with Crippen molar-refractivity contribution in [3.8, 4) is 0 Å². The summed E-state index contributed by atoms with van der Waals surface area (Å²) in [7, 11) is 0. The zero-order valence-electron chi connectivity index (χ0n) is 13.5. The largest absolute Gasteiger partial charge is 2.00 e. The van der Waals surface area contributed by atoms with Gasteiger partial charge in [0.2, 0.25) is 0 Å². The molecule has 0 bridgehead atoms. The molecule has 10 radical (unpaired) electrons. The van der Waals surface area contributed by atoms with E-state index in [1.165, 1.54) is 0 Å². The van der Waals surface area contributed by atoms with E-state index in [4.69, 9.17) is 4.74 Å². The molecular formula is C21H20FeO2+2. The summed E-state index contributed by atoms with van der Waals surface area (Å²) in [6.45, 7) is 2.19. The minimum Gasteiger partial charge on any atom is -0.463 e. The van der Waals surface area contributed by atoms with Gasteiger partial charge in [-0.15, -0.1) is 0 Å². The van der Waals surface area contributed by atoms with E-state index < -0.39 is 0 Å². The van der Waals surface area contributed by atoms with Crippen molar-refractivity contribution in [3.63, 3.8) is 0 Å². The van der Waals surface area contributed by atoms with E-state index >= 15 is 0 Å². The molecule has 0 atom stereocenters. The van der Waals surface area contributed by atoms with Crippen LogP contribution in [0.3, 0.4) is 0 Å². The fraction of sp³-hybridized carbons (Fsp3) is 0.0952. The molecule has 2 saturated carbocycles. The minimum atomic E-state index is -0.308. The van der Waals surface area contributed by atoms with Crippen molar-refractivity contribution >= 4 is 11.5 Å². The van der Waals surface area contributed by atoms with Gasteiger partial charge in [0.15, 0.2) is 0 Å². The molecule has 2 nitrogen and oxygen atoms in total. The van der Waals surface area contributed by atoms with E-state index in [1.807, 2.05) is 88.1 Å². The Morgan fingerprint density at radius 2 is 1.46 bits per heavy atom. The van der Waals surface area contributed by atoms with E-state index in [0.717, 1.165) is 17.1 Å². The number of rotatable bonds is 4. The van der Waals surface area contributed by atoms with Crippen LogP contribution in [-0.2, 0) is 26.6 Å². The van der Waals surface area contributed by atoms with Crippen molar-refractivity contribution in [3.05, 3.63) is 106 Å². The molecule has 0 N–H and O–H groups in total. The van der Waals surface area contributed by atoms with Gasteiger partial charge in [-0.1, -0.05) is 30.3 Å². The second kappa shape index (κ2) is 12.3. The second-order valence-electron chi connectivity index (χ2n) is 4.81. The van der Waals surface area contributed by atoms with Gasteiger partial charge in [-0.2, -0.15) is 0 Å². The molecule has 0 saturated heterocycles. The van der Waals surface area contributed by atoms with Crippen LogP contribution >= 0.6 is 0 Å². The first kappa shape index (κ1) is 21.0. The number of hydrogen-bond acceptors (Lipinski definition) is 2. The molecular weight excluding hydrogens is 340 g/mol. The van der Waals surface area contributed by atoms with Gasteiger partial charge in [0.1, 0.15) is 0 Å². The summed E-state index contributed by atoms with van der Waals surface area (Å²) in [5, 5.41) is 0. The van der Waals surface area contributed by atoms with Crippen LogP contribution in [0, 0.1) is 63.7 Å². The van der Waals surface area contributed by atoms with E-state index in [-0.39, 0.29) is 23.0 Å². The maximum absolute atomic E-state index is 11.6. The Morgan fingerprint density at radius 3 is 1.96 bits per heavy atom.